The molecule has 9 heteroatoms. The van der Waals surface area contributed by atoms with Crippen LogP contribution in [0.5, 0.6) is 0 Å². The molecule has 4 aliphatic heterocycles. The van der Waals surface area contributed by atoms with Gasteiger partial charge < -0.3 is 19.8 Å². The molecule has 0 radical (unpaired) electrons. The van der Waals surface area contributed by atoms with Crippen molar-refractivity contribution in [1.29, 1.82) is 0 Å². The number of carbonyl (C=O) groups excluding carboxylic acids is 3. The summed E-state index contributed by atoms with van der Waals surface area (Å²) in [5, 5.41) is 10.7. The van der Waals surface area contributed by atoms with Crippen LogP contribution in [-0.2, 0) is 14.4 Å². The second kappa shape index (κ2) is 9.79. The molecule has 4 aliphatic rings. The summed E-state index contributed by atoms with van der Waals surface area (Å²) in [6.07, 6.45) is 9.33. The van der Waals surface area contributed by atoms with E-state index in [1.807, 2.05) is 56.0 Å². The number of thioether (sulfide) groups is 1. The van der Waals surface area contributed by atoms with Gasteiger partial charge in [0, 0.05) is 24.4 Å². The number of halogens is 1. The van der Waals surface area contributed by atoms with E-state index in [2.05, 4.69) is 6.08 Å². The number of carbonyl (C=O) groups is 3. The first-order valence-electron chi connectivity index (χ1n) is 13.1. The van der Waals surface area contributed by atoms with Crippen LogP contribution in [-0.4, -0.2) is 80.4 Å². The highest BCUT2D eigenvalue weighted by molar-refractivity contribution is 8.02. The zero-order chi connectivity index (χ0) is 26.5. The Bertz CT molecular complexity index is 1170. The number of hydrogen-bond donors (Lipinski definition) is 1. The fourth-order valence-electron chi connectivity index (χ4n) is 6.68. The molecule has 0 aromatic heterocycles. The minimum atomic E-state index is -0.943. The maximum Gasteiger partial charge on any atom is 0.251 e. The van der Waals surface area contributed by atoms with E-state index in [0.717, 1.165) is 6.42 Å². The van der Waals surface area contributed by atoms with Gasteiger partial charge in [-0.15, -0.1) is 11.8 Å². The third-order valence-electron chi connectivity index (χ3n) is 8.29. The van der Waals surface area contributed by atoms with Gasteiger partial charge in [-0.1, -0.05) is 61.9 Å². The molecule has 1 unspecified atom stereocenters. The molecule has 7 nitrogen and oxygen atoms in total. The standard InChI is InChI=1S/C28H34ClN3O4S/c1-4-14-30-15-8-12-27(3)21(24(30)34)22-25(35)32(18(5-2)17-33)23-26(36)31(16-9-13-28(22,23)37-27)20-11-7-6-10-19(20)29/h6-13,18,21-23,33H,4-5,14-17H2,1-3H3/t18-,21-,22-,23?,27+,28-/m0/s1. The molecule has 0 bridgehead atoms. The summed E-state index contributed by atoms with van der Waals surface area (Å²) in [7, 11) is 0. The van der Waals surface area contributed by atoms with Gasteiger partial charge in [-0.05, 0) is 31.9 Å². The molecule has 37 heavy (non-hydrogen) atoms. The molecule has 3 amide bonds. The van der Waals surface area contributed by atoms with Crippen LogP contribution in [0.3, 0.4) is 0 Å². The summed E-state index contributed by atoms with van der Waals surface area (Å²) < 4.78 is -1.59. The van der Waals surface area contributed by atoms with Crippen molar-refractivity contribution >= 4 is 46.8 Å². The number of aliphatic hydroxyl groups is 1. The highest BCUT2D eigenvalue weighted by Gasteiger charge is 2.74. The van der Waals surface area contributed by atoms with Crippen molar-refractivity contribution < 1.29 is 19.5 Å². The minimum absolute atomic E-state index is 0.0391. The average Bonchev–Trinajstić information content (AvgIpc) is 3.15. The van der Waals surface area contributed by atoms with Gasteiger partial charge in [-0.25, -0.2) is 0 Å². The first kappa shape index (κ1) is 26.3. The van der Waals surface area contributed by atoms with Gasteiger partial charge in [0.25, 0.3) is 5.91 Å². The molecule has 0 saturated carbocycles. The number of nitrogens with zero attached hydrogens (tertiary/aromatic N) is 3. The van der Waals surface area contributed by atoms with Crippen molar-refractivity contribution in [3.05, 3.63) is 53.6 Å². The van der Waals surface area contributed by atoms with Crippen LogP contribution >= 0.6 is 23.4 Å². The first-order valence-corrected chi connectivity index (χ1v) is 14.3. The highest BCUT2D eigenvalue weighted by Crippen LogP contribution is 2.66. The van der Waals surface area contributed by atoms with Crippen LogP contribution in [0.1, 0.15) is 33.6 Å². The van der Waals surface area contributed by atoms with Crippen LogP contribution in [0.15, 0.2) is 48.6 Å². The zero-order valence-corrected chi connectivity index (χ0v) is 23.0. The highest BCUT2D eigenvalue weighted by atomic mass is 35.5. The molecule has 2 fully saturated rings. The SMILES string of the molecule is CCCN1CC=C[C@@]2(C)S[C@]34C=CCN(c5ccccc5Cl)C(=O)C3N([C@@H](CC)CO)C(=O)[C@@H]4[C@H]2C1=O. The number of para-hydroxylation sites is 1. The van der Waals surface area contributed by atoms with Gasteiger partial charge in [0.15, 0.2) is 0 Å². The Hall–Kier alpha value is -2.29. The molecule has 2 saturated heterocycles. The van der Waals surface area contributed by atoms with E-state index in [9.17, 15) is 19.5 Å². The number of benzene rings is 1. The van der Waals surface area contributed by atoms with Crippen molar-refractivity contribution in [2.75, 3.05) is 31.1 Å². The predicted octanol–water partition coefficient (Wildman–Crippen LogP) is 3.51. The fraction of sp³-hybridized carbons (Fsp3) is 0.536. The molecular weight excluding hydrogens is 510 g/mol. The third-order valence-corrected chi connectivity index (χ3v) is 10.4. The molecule has 6 atom stereocenters. The summed E-state index contributed by atoms with van der Waals surface area (Å²) in [4.78, 5) is 47.9. The minimum Gasteiger partial charge on any atom is -0.394 e. The lowest BCUT2D eigenvalue weighted by molar-refractivity contribution is -0.145. The molecule has 4 heterocycles. The van der Waals surface area contributed by atoms with Crippen molar-refractivity contribution in [1.82, 2.24) is 9.80 Å². The number of anilines is 1. The lowest BCUT2D eigenvalue weighted by atomic mass is 9.74. The summed E-state index contributed by atoms with van der Waals surface area (Å²) in [6.45, 7) is 7.14. The second-order valence-corrected chi connectivity index (χ2v) is 12.7. The Labute approximate surface area is 227 Å². The summed E-state index contributed by atoms with van der Waals surface area (Å²) in [6, 6.07) is 5.79. The van der Waals surface area contributed by atoms with Crippen LogP contribution in [0.2, 0.25) is 5.02 Å². The third kappa shape index (κ3) is 3.86. The lowest BCUT2D eigenvalue weighted by Gasteiger charge is -2.39. The smallest absolute Gasteiger partial charge is 0.251 e. The number of fused-ring (bicyclic) bond motifs is 2. The van der Waals surface area contributed by atoms with E-state index in [4.69, 9.17) is 11.6 Å². The summed E-state index contributed by atoms with van der Waals surface area (Å²) in [5.41, 5.74) is 0.581. The van der Waals surface area contributed by atoms with E-state index in [0.29, 0.717) is 36.8 Å². The molecule has 5 rings (SSSR count). The van der Waals surface area contributed by atoms with Crippen molar-refractivity contribution in [3.8, 4) is 0 Å². The van der Waals surface area contributed by atoms with Crippen molar-refractivity contribution in [3.63, 3.8) is 0 Å². The molecule has 1 N–H and O–H groups in total. The lowest BCUT2D eigenvalue weighted by Crippen LogP contribution is -2.56. The van der Waals surface area contributed by atoms with E-state index in [-0.39, 0.29) is 24.3 Å². The van der Waals surface area contributed by atoms with E-state index in [1.54, 1.807) is 33.7 Å². The largest absolute Gasteiger partial charge is 0.394 e. The summed E-state index contributed by atoms with van der Waals surface area (Å²) >= 11 is 8.07. The van der Waals surface area contributed by atoms with Gasteiger partial charge in [0.2, 0.25) is 11.8 Å². The molecule has 1 aromatic carbocycles. The number of aliphatic hydroxyl groups excluding tert-OH is 1. The quantitative estimate of drug-likeness (QED) is 0.555. The molecule has 198 valence electrons. The second-order valence-electron chi connectivity index (χ2n) is 10.5. The van der Waals surface area contributed by atoms with Crippen molar-refractivity contribution in [2.24, 2.45) is 11.8 Å². The first-order chi connectivity index (χ1) is 17.7. The normalized spacial score (nSPS) is 33.8. The Balaban J connectivity index is 1.68. The van der Waals surface area contributed by atoms with Gasteiger partial charge in [-0.2, -0.15) is 0 Å². The zero-order valence-electron chi connectivity index (χ0n) is 21.5. The Morgan fingerprint density at radius 3 is 2.46 bits per heavy atom. The fourth-order valence-corrected chi connectivity index (χ4v) is 9.06. The number of likely N-dealkylation sites (tertiary alicyclic amines) is 1. The Morgan fingerprint density at radius 2 is 1.78 bits per heavy atom. The maximum absolute atomic E-state index is 14.5. The molecular formula is C28H34ClN3O4S. The van der Waals surface area contributed by atoms with Gasteiger partial charge in [0.1, 0.15) is 6.04 Å². The van der Waals surface area contributed by atoms with Crippen LogP contribution in [0, 0.1) is 11.8 Å². The van der Waals surface area contributed by atoms with Crippen LogP contribution in [0.4, 0.5) is 5.69 Å². The predicted molar refractivity (Wildman–Crippen MR) is 146 cm³/mol. The van der Waals surface area contributed by atoms with Gasteiger partial charge in [0.05, 0.1) is 39.9 Å². The number of hydrogen-bond acceptors (Lipinski definition) is 5. The van der Waals surface area contributed by atoms with E-state index < -0.39 is 33.4 Å². The van der Waals surface area contributed by atoms with Gasteiger partial charge >= 0.3 is 0 Å². The monoisotopic (exact) mass is 543 g/mol. The average molecular weight is 544 g/mol. The van der Waals surface area contributed by atoms with E-state index >= 15 is 0 Å². The van der Waals surface area contributed by atoms with Crippen LogP contribution < -0.4 is 4.90 Å². The Kier molecular flexibility index (Phi) is 6.96. The number of amides is 3. The van der Waals surface area contributed by atoms with E-state index in [1.165, 1.54) is 0 Å². The summed E-state index contributed by atoms with van der Waals surface area (Å²) in [5.74, 6) is -1.83. The van der Waals surface area contributed by atoms with Crippen LogP contribution in [0.25, 0.3) is 0 Å². The Morgan fingerprint density at radius 1 is 1.05 bits per heavy atom. The maximum atomic E-state index is 14.5. The molecule has 1 spiro atoms. The van der Waals surface area contributed by atoms with Crippen molar-refractivity contribution in [2.45, 2.75) is 55.2 Å². The van der Waals surface area contributed by atoms with Gasteiger partial charge in [-0.3, -0.25) is 14.4 Å². The topological polar surface area (TPSA) is 81.2 Å². The molecule has 0 aliphatic carbocycles. The number of rotatable bonds is 6. The molecule has 1 aromatic rings.